The molecule has 160 valence electrons. The van der Waals surface area contributed by atoms with Crippen LogP contribution < -0.4 is 5.32 Å². The van der Waals surface area contributed by atoms with E-state index in [0.29, 0.717) is 35.5 Å². The Hall–Kier alpha value is -2.75. The van der Waals surface area contributed by atoms with Crippen molar-refractivity contribution < 1.29 is 22.7 Å². The Morgan fingerprint density at radius 2 is 1.50 bits per heavy atom. The highest BCUT2D eigenvalue weighted by atomic mass is 32.2. The van der Waals surface area contributed by atoms with Gasteiger partial charge in [0.25, 0.3) is 5.91 Å². The number of benzene rings is 2. The predicted octanol–water partition coefficient (Wildman–Crippen LogP) is 1.80. The molecule has 9 heteroatoms. The quantitative estimate of drug-likeness (QED) is 0.701. The molecule has 0 bridgehead atoms. The maximum atomic E-state index is 12.6. The van der Waals surface area contributed by atoms with E-state index in [4.69, 9.17) is 0 Å². The number of esters is 1. The average molecular weight is 432 g/mol. The first-order chi connectivity index (χ1) is 14.3. The van der Waals surface area contributed by atoms with Gasteiger partial charge < -0.3 is 15.0 Å². The summed E-state index contributed by atoms with van der Waals surface area (Å²) in [6, 6.07) is 12.9. The third kappa shape index (κ3) is 5.44. The highest BCUT2D eigenvalue weighted by Gasteiger charge is 2.25. The number of sulfonamides is 1. The number of hydrogen-bond donors (Lipinski definition) is 1. The summed E-state index contributed by atoms with van der Waals surface area (Å²) in [6.07, 6.45) is 0. The van der Waals surface area contributed by atoms with E-state index in [1.807, 2.05) is 7.05 Å². The Balaban J connectivity index is 1.61. The third-order valence-corrected chi connectivity index (χ3v) is 6.83. The molecule has 0 radical (unpaired) electrons. The SMILES string of the molecule is COC(=O)c1ccc(NC(=O)c2ccc(CS(=O)(=O)N3CCN(C)CC3)cc2)cc1. The van der Waals surface area contributed by atoms with Crippen molar-refractivity contribution in [1.29, 1.82) is 0 Å². The van der Waals surface area contributed by atoms with Crippen LogP contribution >= 0.6 is 0 Å². The molecule has 8 nitrogen and oxygen atoms in total. The molecule has 1 N–H and O–H groups in total. The Morgan fingerprint density at radius 1 is 0.933 bits per heavy atom. The lowest BCUT2D eigenvalue weighted by molar-refractivity contribution is 0.0600. The lowest BCUT2D eigenvalue weighted by Crippen LogP contribution is -2.47. The zero-order valence-electron chi connectivity index (χ0n) is 17.0. The zero-order valence-corrected chi connectivity index (χ0v) is 17.8. The number of anilines is 1. The van der Waals surface area contributed by atoms with Gasteiger partial charge in [0.1, 0.15) is 0 Å². The van der Waals surface area contributed by atoms with Crippen molar-refractivity contribution in [1.82, 2.24) is 9.21 Å². The Morgan fingerprint density at radius 3 is 2.07 bits per heavy atom. The van der Waals surface area contributed by atoms with Gasteiger partial charge in [0.15, 0.2) is 0 Å². The minimum Gasteiger partial charge on any atom is -0.465 e. The van der Waals surface area contributed by atoms with Gasteiger partial charge in [-0.3, -0.25) is 4.79 Å². The number of rotatable bonds is 6. The van der Waals surface area contributed by atoms with E-state index in [9.17, 15) is 18.0 Å². The summed E-state index contributed by atoms with van der Waals surface area (Å²) < 4.78 is 31.4. The number of amides is 1. The van der Waals surface area contributed by atoms with Crippen LogP contribution in [0, 0.1) is 0 Å². The summed E-state index contributed by atoms with van der Waals surface area (Å²) in [7, 11) is -0.109. The first kappa shape index (κ1) is 21.9. The highest BCUT2D eigenvalue weighted by Crippen LogP contribution is 2.16. The second kappa shape index (κ2) is 9.38. The van der Waals surface area contributed by atoms with E-state index >= 15 is 0 Å². The lowest BCUT2D eigenvalue weighted by Gasteiger charge is -2.31. The van der Waals surface area contributed by atoms with Crippen LogP contribution in [0.5, 0.6) is 0 Å². The van der Waals surface area contributed by atoms with Crippen LogP contribution in [0.4, 0.5) is 5.69 Å². The molecule has 0 saturated carbocycles. The van der Waals surface area contributed by atoms with Crippen LogP contribution in [0.1, 0.15) is 26.3 Å². The van der Waals surface area contributed by atoms with Crippen molar-refractivity contribution >= 4 is 27.6 Å². The molecule has 1 fully saturated rings. The van der Waals surface area contributed by atoms with Crippen LogP contribution in [-0.2, 0) is 20.5 Å². The molecule has 3 rings (SSSR count). The van der Waals surface area contributed by atoms with Gasteiger partial charge in [-0.05, 0) is 49.0 Å². The minimum absolute atomic E-state index is 0.0897. The van der Waals surface area contributed by atoms with Crippen molar-refractivity contribution in [2.24, 2.45) is 0 Å². The van der Waals surface area contributed by atoms with Gasteiger partial charge in [-0.2, -0.15) is 4.31 Å². The molecule has 1 saturated heterocycles. The first-order valence-corrected chi connectivity index (χ1v) is 11.1. The number of likely N-dealkylation sites (N-methyl/N-ethyl adjacent to an activating group) is 1. The smallest absolute Gasteiger partial charge is 0.337 e. The zero-order chi connectivity index (χ0) is 21.7. The minimum atomic E-state index is -3.39. The van der Waals surface area contributed by atoms with Crippen molar-refractivity contribution in [3.63, 3.8) is 0 Å². The van der Waals surface area contributed by atoms with Crippen LogP contribution in [-0.4, -0.2) is 69.8 Å². The molecule has 1 heterocycles. The predicted molar refractivity (Wildman–Crippen MR) is 114 cm³/mol. The molecule has 30 heavy (non-hydrogen) atoms. The molecule has 0 unspecified atom stereocenters. The van der Waals surface area contributed by atoms with Crippen LogP contribution in [0.25, 0.3) is 0 Å². The molecule has 0 spiro atoms. The Kier molecular flexibility index (Phi) is 6.86. The van der Waals surface area contributed by atoms with Crippen molar-refractivity contribution in [2.45, 2.75) is 5.75 Å². The fourth-order valence-electron chi connectivity index (χ4n) is 3.13. The van der Waals surface area contributed by atoms with Crippen molar-refractivity contribution in [3.8, 4) is 0 Å². The molecular weight excluding hydrogens is 406 g/mol. The average Bonchev–Trinajstić information content (AvgIpc) is 2.74. The maximum absolute atomic E-state index is 12.6. The Bertz CT molecular complexity index is 996. The summed E-state index contributed by atoms with van der Waals surface area (Å²) in [5.41, 5.74) is 1.97. The molecular formula is C21H25N3O5S. The molecule has 1 amide bonds. The molecule has 1 aliphatic rings. The van der Waals surface area contributed by atoms with Crippen molar-refractivity contribution in [2.75, 3.05) is 45.7 Å². The second-order valence-corrected chi connectivity index (χ2v) is 9.15. The number of methoxy groups -OCH3 is 1. The number of nitrogens with zero attached hydrogens (tertiary/aromatic N) is 2. The molecule has 0 aliphatic carbocycles. The van der Waals surface area contributed by atoms with E-state index < -0.39 is 16.0 Å². The lowest BCUT2D eigenvalue weighted by atomic mass is 10.1. The van der Waals surface area contributed by atoms with Gasteiger partial charge in [-0.15, -0.1) is 0 Å². The number of piperazine rings is 1. The molecule has 2 aromatic rings. The van der Waals surface area contributed by atoms with Crippen molar-refractivity contribution in [3.05, 3.63) is 65.2 Å². The standard InChI is InChI=1S/C21H25N3O5S/c1-23-11-13-24(14-12-23)30(27,28)15-16-3-5-17(6-4-16)20(25)22-19-9-7-18(8-10-19)21(26)29-2/h3-10H,11-15H2,1-2H3,(H,22,25). The van der Waals surface area contributed by atoms with E-state index in [1.165, 1.54) is 11.4 Å². The third-order valence-electron chi connectivity index (χ3n) is 4.98. The van der Waals surface area contributed by atoms with E-state index in [2.05, 4.69) is 15.0 Å². The normalized spacial score (nSPS) is 15.5. The summed E-state index contributed by atoms with van der Waals surface area (Å²) in [6.45, 7) is 2.43. The highest BCUT2D eigenvalue weighted by molar-refractivity contribution is 7.88. The van der Waals surface area contributed by atoms with Gasteiger partial charge in [-0.1, -0.05) is 12.1 Å². The fraction of sp³-hybridized carbons (Fsp3) is 0.333. The maximum Gasteiger partial charge on any atom is 0.337 e. The van der Waals surface area contributed by atoms with Gasteiger partial charge in [0, 0.05) is 37.4 Å². The number of carbonyl (C=O) groups is 2. The Labute approximate surface area is 176 Å². The summed E-state index contributed by atoms with van der Waals surface area (Å²) in [4.78, 5) is 26.0. The van der Waals surface area contributed by atoms with Crippen LogP contribution in [0.3, 0.4) is 0 Å². The molecule has 2 aromatic carbocycles. The van der Waals surface area contributed by atoms with Gasteiger partial charge in [0.05, 0.1) is 18.4 Å². The van der Waals surface area contributed by atoms with E-state index in [-0.39, 0.29) is 11.7 Å². The number of carbonyl (C=O) groups excluding carboxylic acids is 2. The number of ether oxygens (including phenoxy) is 1. The van der Waals surface area contributed by atoms with Gasteiger partial charge in [0.2, 0.25) is 10.0 Å². The summed E-state index contributed by atoms with van der Waals surface area (Å²) in [5.74, 6) is -0.863. The van der Waals surface area contributed by atoms with Gasteiger partial charge >= 0.3 is 5.97 Å². The second-order valence-electron chi connectivity index (χ2n) is 7.18. The van der Waals surface area contributed by atoms with Crippen LogP contribution in [0.2, 0.25) is 0 Å². The van der Waals surface area contributed by atoms with Crippen LogP contribution in [0.15, 0.2) is 48.5 Å². The largest absolute Gasteiger partial charge is 0.465 e. The first-order valence-electron chi connectivity index (χ1n) is 9.53. The molecule has 0 aromatic heterocycles. The fourth-order valence-corrected chi connectivity index (χ4v) is 4.65. The molecule has 0 atom stereocenters. The number of hydrogen-bond acceptors (Lipinski definition) is 6. The van der Waals surface area contributed by atoms with E-state index in [0.717, 1.165) is 13.1 Å². The molecule has 1 aliphatic heterocycles. The topological polar surface area (TPSA) is 96.0 Å². The summed E-state index contributed by atoms with van der Waals surface area (Å²) >= 11 is 0. The van der Waals surface area contributed by atoms with Gasteiger partial charge in [-0.25, -0.2) is 13.2 Å². The van der Waals surface area contributed by atoms with E-state index in [1.54, 1.807) is 48.5 Å². The number of nitrogens with one attached hydrogen (secondary N) is 1. The summed E-state index contributed by atoms with van der Waals surface area (Å²) in [5, 5.41) is 2.74. The monoisotopic (exact) mass is 431 g/mol.